The van der Waals surface area contributed by atoms with Crippen molar-refractivity contribution in [3.8, 4) is 0 Å². The number of carbonyl (C=O) groups is 2. The summed E-state index contributed by atoms with van der Waals surface area (Å²) in [6, 6.07) is 6.08. The normalized spacial score (nSPS) is 14.6. The molecule has 146 valence electrons. The molecule has 0 saturated carbocycles. The number of piperidine rings is 1. The Morgan fingerprint density at radius 1 is 1.23 bits per heavy atom. The minimum Gasteiger partial charge on any atom is -0.383 e. The third kappa shape index (κ3) is 7.27. The highest BCUT2D eigenvalue weighted by molar-refractivity contribution is 5.85. The van der Waals surface area contributed by atoms with E-state index in [4.69, 9.17) is 4.74 Å². The number of rotatable bonds is 8. The third-order valence-electron chi connectivity index (χ3n) is 4.36. The van der Waals surface area contributed by atoms with Gasteiger partial charge in [-0.1, -0.05) is 12.1 Å². The van der Waals surface area contributed by atoms with Crippen LogP contribution in [0.25, 0.3) is 0 Å². The molecule has 0 aromatic heterocycles. The van der Waals surface area contributed by atoms with Crippen molar-refractivity contribution in [1.29, 1.82) is 0 Å². The number of hydrogen-bond donors (Lipinski definition) is 2. The molecule has 2 N–H and O–H groups in total. The fourth-order valence-corrected chi connectivity index (χ4v) is 2.81. The van der Waals surface area contributed by atoms with Gasteiger partial charge in [0.15, 0.2) is 0 Å². The highest BCUT2D eigenvalue weighted by Crippen LogP contribution is 2.17. The average Bonchev–Trinajstić information content (AvgIpc) is 2.64. The molecular weight excluding hydrogens is 361 g/mol. The van der Waals surface area contributed by atoms with Crippen LogP contribution < -0.4 is 10.6 Å². The van der Waals surface area contributed by atoms with Crippen LogP contribution in [0.5, 0.6) is 0 Å². The lowest BCUT2D eigenvalue weighted by molar-refractivity contribution is -0.135. The first kappa shape index (κ1) is 22.3. The monoisotopic (exact) mass is 387 g/mol. The van der Waals surface area contributed by atoms with Crippen molar-refractivity contribution in [2.45, 2.75) is 19.4 Å². The molecule has 1 heterocycles. The zero-order chi connectivity index (χ0) is 18.1. The van der Waals surface area contributed by atoms with Crippen molar-refractivity contribution in [3.63, 3.8) is 0 Å². The first-order chi connectivity index (χ1) is 12.1. The topological polar surface area (TPSA) is 70.7 Å². The predicted molar refractivity (Wildman–Crippen MR) is 99.5 cm³/mol. The summed E-state index contributed by atoms with van der Waals surface area (Å²) in [6.45, 7) is 3.10. The van der Waals surface area contributed by atoms with Crippen molar-refractivity contribution in [2.75, 3.05) is 39.9 Å². The number of carbonyl (C=O) groups excluding carboxylic acids is 2. The number of ether oxygens (including phenoxy) is 1. The van der Waals surface area contributed by atoms with Gasteiger partial charge in [0.1, 0.15) is 5.82 Å². The molecule has 2 rings (SSSR count). The van der Waals surface area contributed by atoms with Crippen molar-refractivity contribution < 1.29 is 18.7 Å². The van der Waals surface area contributed by atoms with Gasteiger partial charge in [-0.15, -0.1) is 12.4 Å². The molecule has 1 saturated heterocycles. The van der Waals surface area contributed by atoms with Crippen LogP contribution in [0.15, 0.2) is 24.3 Å². The van der Waals surface area contributed by atoms with Crippen LogP contribution in [0.3, 0.4) is 0 Å². The van der Waals surface area contributed by atoms with E-state index in [-0.39, 0.29) is 36.0 Å². The smallest absolute Gasteiger partial charge is 0.236 e. The summed E-state index contributed by atoms with van der Waals surface area (Å²) in [5.41, 5.74) is 0.865. The van der Waals surface area contributed by atoms with Gasteiger partial charge in [-0.3, -0.25) is 9.59 Å². The van der Waals surface area contributed by atoms with Gasteiger partial charge in [0.25, 0.3) is 0 Å². The zero-order valence-electron chi connectivity index (χ0n) is 15.0. The second kappa shape index (κ2) is 11.8. The first-order valence-corrected chi connectivity index (χ1v) is 8.59. The van der Waals surface area contributed by atoms with E-state index in [2.05, 4.69) is 10.6 Å². The maximum atomic E-state index is 12.9. The van der Waals surface area contributed by atoms with E-state index >= 15 is 0 Å². The SMILES string of the molecule is COCCNCC(=O)N1CCC(C(=O)NCc2ccc(F)cc2)CC1.Cl. The Kier molecular flexibility index (Phi) is 10.2. The fourth-order valence-electron chi connectivity index (χ4n) is 2.81. The van der Waals surface area contributed by atoms with Gasteiger partial charge in [0.05, 0.1) is 13.2 Å². The fraction of sp³-hybridized carbons (Fsp3) is 0.556. The summed E-state index contributed by atoms with van der Waals surface area (Å²) >= 11 is 0. The molecule has 1 aromatic rings. The van der Waals surface area contributed by atoms with Gasteiger partial charge in [-0.2, -0.15) is 0 Å². The second-order valence-corrected chi connectivity index (χ2v) is 6.17. The molecule has 2 amide bonds. The molecule has 0 bridgehead atoms. The van der Waals surface area contributed by atoms with E-state index in [1.807, 2.05) is 0 Å². The van der Waals surface area contributed by atoms with Gasteiger partial charge >= 0.3 is 0 Å². The number of methoxy groups -OCH3 is 1. The summed E-state index contributed by atoms with van der Waals surface area (Å²) in [5, 5.41) is 5.93. The molecule has 0 spiro atoms. The third-order valence-corrected chi connectivity index (χ3v) is 4.36. The Bertz CT molecular complexity index is 563. The highest BCUT2D eigenvalue weighted by Gasteiger charge is 2.26. The van der Waals surface area contributed by atoms with Gasteiger partial charge in [0.2, 0.25) is 11.8 Å². The summed E-state index contributed by atoms with van der Waals surface area (Å²) in [6.07, 6.45) is 1.33. The molecule has 1 aliphatic rings. The molecule has 8 heteroatoms. The lowest BCUT2D eigenvalue weighted by atomic mass is 9.95. The van der Waals surface area contributed by atoms with Gasteiger partial charge < -0.3 is 20.3 Å². The minimum atomic E-state index is -0.288. The molecule has 1 fully saturated rings. The van der Waals surface area contributed by atoms with Crippen LogP contribution >= 0.6 is 12.4 Å². The number of halogens is 2. The van der Waals surface area contributed by atoms with Crippen molar-refractivity contribution >= 4 is 24.2 Å². The number of nitrogens with zero attached hydrogens (tertiary/aromatic N) is 1. The Morgan fingerprint density at radius 3 is 2.50 bits per heavy atom. The zero-order valence-corrected chi connectivity index (χ0v) is 15.8. The Balaban J connectivity index is 0.00000338. The lowest BCUT2D eigenvalue weighted by Crippen LogP contribution is -2.45. The van der Waals surface area contributed by atoms with Crippen molar-refractivity contribution in [2.24, 2.45) is 5.92 Å². The quantitative estimate of drug-likeness (QED) is 0.660. The highest BCUT2D eigenvalue weighted by atomic mass is 35.5. The van der Waals surface area contributed by atoms with E-state index in [1.165, 1.54) is 12.1 Å². The molecule has 6 nitrogen and oxygen atoms in total. The number of benzene rings is 1. The largest absolute Gasteiger partial charge is 0.383 e. The summed E-state index contributed by atoms with van der Waals surface area (Å²) in [4.78, 5) is 26.1. The Labute approximate surface area is 159 Å². The van der Waals surface area contributed by atoms with E-state index in [1.54, 1.807) is 24.1 Å². The molecule has 0 atom stereocenters. The number of likely N-dealkylation sites (tertiary alicyclic amines) is 1. The molecule has 26 heavy (non-hydrogen) atoms. The van der Waals surface area contributed by atoms with Crippen LogP contribution in [0.2, 0.25) is 0 Å². The maximum Gasteiger partial charge on any atom is 0.236 e. The van der Waals surface area contributed by atoms with E-state index < -0.39 is 0 Å². The Morgan fingerprint density at radius 2 is 1.88 bits per heavy atom. The van der Waals surface area contributed by atoms with Crippen LogP contribution in [-0.2, 0) is 20.9 Å². The molecule has 0 aliphatic carbocycles. The van der Waals surface area contributed by atoms with E-state index in [0.717, 1.165) is 5.56 Å². The van der Waals surface area contributed by atoms with Crippen molar-refractivity contribution in [3.05, 3.63) is 35.6 Å². The van der Waals surface area contributed by atoms with Crippen molar-refractivity contribution in [1.82, 2.24) is 15.5 Å². The maximum absolute atomic E-state index is 12.9. The van der Waals surface area contributed by atoms with Gasteiger partial charge in [-0.05, 0) is 30.5 Å². The van der Waals surface area contributed by atoms with E-state index in [0.29, 0.717) is 52.2 Å². The Hall–Kier alpha value is -1.70. The van der Waals surface area contributed by atoms with Gasteiger partial charge in [0, 0.05) is 39.2 Å². The molecule has 0 unspecified atom stereocenters. The van der Waals surface area contributed by atoms with Crippen LogP contribution in [0, 0.1) is 11.7 Å². The standard InChI is InChI=1S/C18H26FN3O3.ClH/c1-25-11-8-20-13-17(23)22-9-6-15(7-10-22)18(24)21-12-14-2-4-16(19)5-3-14;/h2-5,15,20H,6-13H2,1H3,(H,21,24);1H. The number of nitrogens with one attached hydrogen (secondary N) is 2. The first-order valence-electron chi connectivity index (χ1n) is 8.59. The summed E-state index contributed by atoms with van der Waals surface area (Å²) in [5.74, 6) is -0.314. The number of amides is 2. The average molecular weight is 388 g/mol. The predicted octanol–water partition coefficient (Wildman–Crippen LogP) is 1.34. The molecule has 0 radical (unpaired) electrons. The van der Waals surface area contributed by atoms with Crippen LogP contribution in [-0.4, -0.2) is 56.6 Å². The molecule has 1 aromatic carbocycles. The van der Waals surface area contributed by atoms with E-state index in [9.17, 15) is 14.0 Å². The second-order valence-electron chi connectivity index (χ2n) is 6.17. The van der Waals surface area contributed by atoms with Crippen LogP contribution in [0.1, 0.15) is 18.4 Å². The number of hydrogen-bond acceptors (Lipinski definition) is 4. The minimum absolute atomic E-state index is 0. The summed E-state index contributed by atoms with van der Waals surface area (Å²) in [7, 11) is 1.62. The summed E-state index contributed by atoms with van der Waals surface area (Å²) < 4.78 is 17.8. The lowest BCUT2D eigenvalue weighted by Gasteiger charge is -2.31. The van der Waals surface area contributed by atoms with Crippen LogP contribution in [0.4, 0.5) is 4.39 Å². The molecule has 1 aliphatic heterocycles. The molecular formula is C18H27ClFN3O3. The van der Waals surface area contributed by atoms with Gasteiger partial charge in [-0.25, -0.2) is 4.39 Å².